The minimum Gasteiger partial charge on any atom is -0.508 e. The molecule has 0 aliphatic rings. The Kier molecular flexibility index (Phi) is 4.95. The van der Waals surface area contributed by atoms with Gasteiger partial charge in [-0.2, -0.15) is 0 Å². The Bertz CT molecular complexity index is 590. The maximum absolute atomic E-state index is 11.5. The van der Waals surface area contributed by atoms with E-state index in [-0.39, 0.29) is 11.7 Å². The van der Waals surface area contributed by atoms with E-state index >= 15 is 0 Å². The van der Waals surface area contributed by atoms with E-state index in [4.69, 9.17) is 10.5 Å². The van der Waals surface area contributed by atoms with E-state index < -0.39 is 6.04 Å². The van der Waals surface area contributed by atoms with Crippen LogP contribution in [0.1, 0.15) is 12.5 Å². The topological polar surface area (TPSA) is 72.5 Å². The first-order valence-corrected chi connectivity index (χ1v) is 6.90. The van der Waals surface area contributed by atoms with Crippen molar-refractivity contribution >= 4 is 5.97 Å². The molecule has 0 fully saturated rings. The van der Waals surface area contributed by atoms with Crippen LogP contribution < -0.4 is 5.73 Å². The molecule has 0 spiro atoms. The number of rotatable bonds is 5. The molecule has 0 radical (unpaired) electrons. The normalized spacial score (nSPS) is 11.9. The van der Waals surface area contributed by atoms with E-state index in [1.165, 1.54) is 0 Å². The Morgan fingerprint density at radius 3 is 2.14 bits per heavy atom. The highest BCUT2D eigenvalue weighted by Crippen LogP contribution is 2.22. The highest BCUT2D eigenvalue weighted by molar-refractivity contribution is 5.76. The lowest BCUT2D eigenvalue weighted by atomic mass is 10.0. The van der Waals surface area contributed by atoms with Gasteiger partial charge in [-0.05, 0) is 42.2 Å². The highest BCUT2D eigenvalue weighted by Gasteiger charge is 2.14. The average molecular weight is 285 g/mol. The number of hydrogen-bond donors (Lipinski definition) is 2. The standard InChI is InChI=1S/C17H19NO3/c1-2-21-17(20)16(18)11-12-3-5-13(6-4-12)14-7-9-15(19)10-8-14/h3-10,16,19H,2,11,18H2,1H3. The molecule has 0 aliphatic carbocycles. The van der Waals surface area contributed by atoms with Crippen LogP contribution in [-0.2, 0) is 16.0 Å². The van der Waals surface area contributed by atoms with Gasteiger partial charge < -0.3 is 15.6 Å². The Hall–Kier alpha value is -2.33. The number of phenols is 1. The SMILES string of the molecule is CCOC(=O)C(N)Cc1ccc(-c2ccc(O)cc2)cc1. The molecule has 0 heterocycles. The number of benzene rings is 2. The molecule has 0 saturated heterocycles. The summed E-state index contributed by atoms with van der Waals surface area (Å²) in [5, 5.41) is 9.28. The van der Waals surface area contributed by atoms with Gasteiger partial charge in [0.2, 0.25) is 0 Å². The molecule has 110 valence electrons. The first-order valence-electron chi connectivity index (χ1n) is 6.90. The van der Waals surface area contributed by atoms with Crippen LogP contribution in [0.4, 0.5) is 0 Å². The predicted octanol–water partition coefficient (Wildman–Crippen LogP) is 2.49. The molecule has 2 aromatic carbocycles. The van der Waals surface area contributed by atoms with E-state index in [0.29, 0.717) is 13.0 Å². The van der Waals surface area contributed by atoms with Crippen LogP contribution >= 0.6 is 0 Å². The Balaban J connectivity index is 2.05. The van der Waals surface area contributed by atoms with Gasteiger partial charge in [-0.1, -0.05) is 36.4 Å². The Morgan fingerprint density at radius 2 is 1.62 bits per heavy atom. The number of phenolic OH excluding ortho intramolecular Hbond substituents is 1. The third kappa shape index (κ3) is 4.07. The quantitative estimate of drug-likeness (QED) is 0.828. The van der Waals surface area contributed by atoms with Gasteiger partial charge >= 0.3 is 5.97 Å². The van der Waals surface area contributed by atoms with Gasteiger partial charge in [0, 0.05) is 0 Å². The van der Waals surface area contributed by atoms with E-state index in [0.717, 1.165) is 16.7 Å². The summed E-state index contributed by atoms with van der Waals surface area (Å²) in [7, 11) is 0. The smallest absolute Gasteiger partial charge is 0.323 e. The molecule has 1 unspecified atom stereocenters. The molecule has 2 rings (SSSR count). The maximum Gasteiger partial charge on any atom is 0.323 e. The summed E-state index contributed by atoms with van der Waals surface area (Å²) < 4.78 is 4.89. The van der Waals surface area contributed by atoms with Crippen LogP contribution in [-0.4, -0.2) is 23.7 Å². The molecule has 0 saturated carbocycles. The van der Waals surface area contributed by atoms with Crippen molar-refractivity contribution in [3.63, 3.8) is 0 Å². The van der Waals surface area contributed by atoms with Crippen molar-refractivity contribution in [1.29, 1.82) is 0 Å². The summed E-state index contributed by atoms with van der Waals surface area (Å²) in [6.45, 7) is 2.10. The van der Waals surface area contributed by atoms with Gasteiger partial charge in [-0.25, -0.2) is 0 Å². The molecule has 3 N–H and O–H groups in total. The van der Waals surface area contributed by atoms with Crippen molar-refractivity contribution in [1.82, 2.24) is 0 Å². The van der Waals surface area contributed by atoms with Crippen molar-refractivity contribution in [3.05, 3.63) is 54.1 Å². The zero-order valence-electron chi connectivity index (χ0n) is 12.0. The number of ether oxygens (including phenoxy) is 1. The minimum atomic E-state index is -0.635. The van der Waals surface area contributed by atoms with Gasteiger partial charge in [-0.3, -0.25) is 4.79 Å². The molecule has 4 heteroatoms. The lowest BCUT2D eigenvalue weighted by Gasteiger charge is -2.11. The van der Waals surface area contributed by atoms with E-state index in [9.17, 15) is 9.90 Å². The van der Waals surface area contributed by atoms with E-state index in [1.807, 2.05) is 36.4 Å². The number of nitrogens with two attached hydrogens (primary N) is 1. The molecular weight excluding hydrogens is 266 g/mol. The summed E-state index contributed by atoms with van der Waals surface area (Å²) in [6.07, 6.45) is 0.453. The summed E-state index contributed by atoms with van der Waals surface area (Å²) in [6, 6.07) is 14.2. The average Bonchev–Trinajstić information content (AvgIpc) is 2.49. The molecule has 0 aromatic heterocycles. The Labute approximate surface area is 124 Å². The molecular formula is C17H19NO3. The van der Waals surface area contributed by atoms with Crippen molar-refractivity contribution in [2.24, 2.45) is 5.73 Å². The highest BCUT2D eigenvalue weighted by atomic mass is 16.5. The molecule has 0 aliphatic heterocycles. The fourth-order valence-corrected chi connectivity index (χ4v) is 2.07. The van der Waals surface area contributed by atoms with Gasteiger partial charge in [0.15, 0.2) is 0 Å². The van der Waals surface area contributed by atoms with Crippen LogP contribution in [0.15, 0.2) is 48.5 Å². The van der Waals surface area contributed by atoms with E-state index in [2.05, 4.69) is 0 Å². The number of carbonyl (C=O) groups excluding carboxylic acids is 1. The van der Waals surface area contributed by atoms with Crippen molar-refractivity contribution in [2.75, 3.05) is 6.61 Å². The second-order valence-electron chi connectivity index (χ2n) is 4.81. The number of aromatic hydroxyl groups is 1. The zero-order chi connectivity index (χ0) is 15.2. The van der Waals surface area contributed by atoms with Gasteiger partial charge in [-0.15, -0.1) is 0 Å². The summed E-state index contributed by atoms with van der Waals surface area (Å²) >= 11 is 0. The first-order chi connectivity index (χ1) is 10.1. The van der Waals surface area contributed by atoms with Crippen LogP contribution in [0.2, 0.25) is 0 Å². The molecule has 21 heavy (non-hydrogen) atoms. The largest absolute Gasteiger partial charge is 0.508 e. The summed E-state index contributed by atoms with van der Waals surface area (Å²) in [5.74, 6) is -0.129. The lowest BCUT2D eigenvalue weighted by molar-refractivity contribution is -0.144. The van der Waals surface area contributed by atoms with Gasteiger partial charge in [0.25, 0.3) is 0 Å². The molecule has 2 aromatic rings. The fourth-order valence-electron chi connectivity index (χ4n) is 2.07. The second kappa shape index (κ2) is 6.90. The number of hydrogen-bond acceptors (Lipinski definition) is 4. The summed E-state index contributed by atoms with van der Waals surface area (Å²) in [5.41, 5.74) is 8.85. The first kappa shape index (κ1) is 15.1. The second-order valence-corrected chi connectivity index (χ2v) is 4.81. The molecule has 0 amide bonds. The fraction of sp³-hybridized carbons (Fsp3) is 0.235. The van der Waals surface area contributed by atoms with Crippen LogP contribution in [0.25, 0.3) is 11.1 Å². The molecule has 4 nitrogen and oxygen atoms in total. The zero-order valence-corrected chi connectivity index (χ0v) is 12.0. The maximum atomic E-state index is 11.5. The lowest BCUT2D eigenvalue weighted by Crippen LogP contribution is -2.34. The minimum absolute atomic E-state index is 0.246. The Morgan fingerprint density at radius 1 is 1.10 bits per heavy atom. The van der Waals surface area contributed by atoms with E-state index in [1.54, 1.807) is 19.1 Å². The van der Waals surface area contributed by atoms with Crippen LogP contribution in [0.5, 0.6) is 5.75 Å². The molecule has 1 atom stereocenters. The number of carbonyl (C=O) groups is 1. The van der Waals surface area contributed by atoms with Crippen molar-refractivity contribution < 1.29 is 14.6 Å². The van der Waals surface area contributed by atoms with Crippen molar-refractivity contribution in [2.45, 2.75) is 19.4 Å². The third-order valence-electron chi connectivity index (χ3n) is 3.20. The number of esters is 1. The van der Waals surface area contributed by atoms with Gasteiger partial charge in [0.05, 0.1) is 6.61 Å². The molecule has 0 bridgehead atoms. The third-order valence-corrected chi connectivity index (χ3v) is 3.20. The van der Waals surface area contributed by atoms with Crippen molar-refractivity contribution in [3.8, 4) is 16.9 Å². The predicted molar refractivity (Wildman–Crippen MR) is 81.9 cm³/mol. The van der Waals surface area contributed by atoms with Gasteiger partial charge in [0.1, 0.15) is 11.8 Å². The van der Waals surface area contributed by atoms with Crippen LogP contribution in [0.3, 0.4) is 0 Å². The monoisotopic (exact) mass is 285 g/mol. The summed E-state index contributed by atoms with van der Waals surface area (Å²) in [4.78, 5) is 11.5. The van der Waals surface area contributed by atoms with Crippen LogP contribution in [0, 0.1) is 0 Å².